The summed E-state index contributed by atoms with van der Waals surface area (Å²) in [4.78, 5) is 40.3. The predicted molar refractivity (Wildman–Crippen MR) is 62.1 cm³/mol. The number of nitrogens with one attached hydrogen (secondary N) is 1. The summed E-state index contributed by atoms with van der Waals surface area (Å²) in [5.41, 5.74) is -0.778. The summed E-state index contributed by atoms with van der Waals surface area (Å²) in [6.45, 7) is 2.02. The van der Waals surface area contributed by atoms with Crippen molar-refractivity contribution in [3.8, 4) is 5.88 Å². The molecule has 0 amide bonds. The molecule has 0 fully saturated rings. The van der Waals surface area contributed by atoms with Crippen molar-refractivity contribution in [3.63, 3.8) is 0 Å². The maximum atomic E-state index is 11.4. The molecule has 0 aromatic carbocycles. The highest BCUT2D eigenvalue weighted by Gasteiger charge is 2.13. The van der Waals surface area contributed by atoms with Gasteiger partial charge in [0.1, 0.15) is 18.4 Å². The van der Waals surface area contributed by atoms with Crippen LogP contribution in [-0.4, -0.2) is 26.6 Å². The quantitative estimate of drug-likeness (QED) is 0.542. The first kappa shape index (κ1) is 14.0. The zero-order valence-corrected chi connectivity index (χ0v) is 10.1. The highest BCUT2D eigenvalue weighted by atomic mass is 16.7. The Morgan fingerprint density at radius 3 is 2.72 bits per heavy atom. The monoisotopic (exact) mass is 256 g/mol. The van der Waals surface area contributed by atoms with Gasteiger partial charge in [0, 0.05) is 6.42 Å². The van der Waals surface area contributed by atoms with E-state index < -0.39 is 17.5 Å². The molecule has 0 radical (unpaired) electrons. The molecule has 0 saturated carbocycles. The summed E-state index contributed by atoms with van der Waals surface area (Å²) >= 11 is 0. The first-order valence-corrected chi connectivity index (χ1v) is 5.76. The van der Waals surface area contributed by atoms with Gasteiger partial charge in [0.2, 0.25) is 5.88 Å². The molecule has 18 heavy (non-hydrogen) atoms. The molecule has 0 aliphatic heterocycles. The third-order valence-corrected chi connectivity index (χ3v) is 2.28. The van der Waals surface area contributed by atoms with Crippen LogP contribution in [0.15, 0.2) is 11.0 Å². The van der Waals surface area contributed by atoms with Crippen molar-refractivity contribution in [1.82, 2.24) is 9.71 Å². The molecular formula is C11H16N2O5. The number of carbonyl (C=O) groups excluding carboxylic acids is 2. The summed E-state index contributed by atoms with van der Waals surface area (Å²) in [5.74, 6) is -1.46. The van der Waals surface area contributed by atoms with Crippen LogP contribution in [0.4, 0.5) is 0 Å². The van der Waals surface area contributed by atoms with Gasteiger partial charge in [0.25, 0.3) is 0 Å². The molecule has 1 heterocycles. The van der Waals surface area contributed by atoms with Gasteiger partial charge in [0.05, 0.1) is 0 Å². The Morgan fingerprint density at radius 2 is 2.17 bits per heavy atom. The van der Waals surface area contributed by atoms with E-state index in [2.05, 4.69) is 4.84 Å². The minimum Gasteiger partial charge on any atom is -0.493 e. The number of rotatable bonds is 7. The molecule has 7 nitrogen and oxygen atoms in total. The number of ketones is 1. The fourth-order valence-electron chi connectivity index (χ4n) is 1.40. The van der Waals surface area contributed by atoms with E-state index in [1.165, 1.54) is 0 Å². The fraction of sp³-hybridized carbons (Fsp3) is 0.545. The summed E-state index contributed by atoms with van der Waals surface area (Å²) in [7, 11) is 0. The van der Waals surface area contributed by atoms with Crippen LogP contribution in [0, 0.1) is 0 Å². The van der Waals surface area contributed by atoms with Crippen LogP contribution in [0.2, 0.25) is 0 Å². The van der Waals surface area contributed by atoms with Gasteiger partial charge in [-0.05, 0) is 6.42 Å². The van der Waals surface area contributed by atoms with Gasteiger partial charge >= 0.3 is 11.7 Å². The number of nitrogens with zero attached hydrogens (tertiary/aromatic N) is 1. The van der Waals surface area contributed by atoms with Crippen LogP contribution in [0.25, 0.3) is 0 Å². The van der Waals surface area contributed by atoms with Gasteiger partial charge < -0.3 is 9.94 Å². The number of aromatic nitrogens is 2. The third kappa shape index (κ3) is 4.44. The van der Waals surface area contributed by atoms with Gasteiger partial charge in [-0.3, -0.25) is 9.78 Å². The molecule has 0 saturated heterocycles. The van der Waals surface area contributed by atoms with Crippen molar-refractivity contribution in [1.29, 1.82) is 0 Å². The minimum atomic E-state index is -0.822. The smallest absolute Gasteiger partial charge is 0.361 e. The fourth-order valence-corrected chi connectivity index (χ4v) is 1.40. The number of Topliss-reactive ketones (excluding diaryl/α,β-unsaturated/α-hetero) is 1. The molecule has 1 aromatic heterocycles. The Kier molecular flexibility index (Phi) is 5.16. The summed E-state index contributed by atoms with van der Waals surface area (Å²) in [6, 6.07) is 0. The van der Waals surface area contributed by atoms with Crippen molar-refractivity contribution in [3.05, 3.63) is 16.7 Å². The topological polar surface area (TPSA) is 101 Å². The number of unbranched alkanes of at least 4 members (excludes halogenated alkanes) is 2. The first-order valence-electron chi connectivity index (χ1n) is 5.76. The molecule has 0 atom stereocenters. The van der Waals surface area contributed by atoms with E-state index in [9.17, 15) is 14.4 Å². The largest absolute Gasteiger partial charge is 0.493 e. The van der Waals surface area contributed by atoms with Crippen molar-refractivity contribution >= 4 is 11.8 Å². The van der Waals surface area contributed by atoms with Gasteiger partial charge in [0.15, 0.2) is 0 Å². The van der Waals surface area contributed by atoms with Crippen molar-refractivity contribution in [2.75, 3.05) is 0 Å². The van der Waals surface area contributed by atoms with Crippen LogP contribution in [-0.2, 0) is 9.59 Å². The van der Waals surface area contributed by atoms with Crippen LogP contribution in [0.1, 0.15) is 39.0 Å². The average molecular weight is 256 g/mol. The second-order valence-corrected chi connectivity index (χ2v) is 3.91. The highest BCUT2D eigenvalue weighted by molar-refractivity contribution is 5.95. The molecule has 0 aliphatic rings. The zero-order chi connectivity index (χ0) is 13.5. The molecular weight excluding hydrogens is 240 g/mol. The molecule has 100 valence electrons. The van der Waals surface area contributed by atoms with Crippen LogP contribution in [0.5, 0.6) is 5.88 Å². The van der Waals surface area contributed by atoms with E-state index in [0.29, 0.717) is 11.2 Å². The normalized spacial score (nSPS) is 10.3. The highest BCUT2D eigenvalue weighted by Crippen LogP contribution is 2.02. The van der Waals surface area contributed by atoms with Gasteiger partial charge in [-0.15, -0.1) is 4.73 Å². The number of aromatic amines is 1. The molecule has 0 bridgehead atoms. The van der Waals surface area contributed by atoms with E-state index in [4.69, 9.17) is 5.11 Å². The van der Waals surface area contributed by atoms with Gasteiger partial charge in [-0.25, -0.2) is 9.59 Å². The molecule has 0 unspecified atom stereocenters. The minimum absolute atomic E-state index is 0.221. The predicted octanol–water partition coefficient (Wildman–Crippen LogP) is 0.377. The summed E-state index contributed by atoms with van der Waals surface area (Å²) in [5, 5.41) is 8.94. The lowest BCUT2D eigenvalue weighted by Gasteiger charge is -2.02. The molecule has 0 aliphatic carbocycles. The van der Waals surface area contributed by atoms with E-state index >= 15 is 0 Å². The first-order chi connectivity index (χ1) is 8.52. The standard InChI is InChI=1S/C11H16N2O5/c1-2-3-4-5-8(14)6-10(16)18-13-7-9(15)12-11(13)17/h7,15H,2-6H2,1H3,(H,12,17). The Bertz CT molecular complexity index is 474. The van der Waals surface area contributed by atoms with E-state index in [1.54, 1.807) is 0 Å². The maximum absolute atomic E-state index is 11.4. The maximum Gasteiger partial charge on any atom is 0.361 e. The Labute approximate surface area is 103 Å². The Balaban J connectivity index is 2.40. The lowest BCUT2D eigenvalue weighted by Crippen LogP contribution is -2.29. The third-order valence-electron chi connectivity index (χ3n) is 2.28. The van der Waals surface area contributed by atoms with Crippen molar-refractivity contribution in [2.45, 2.75) is 39.0 Å². The van der Waals surface area contributed by atoms with Crippen LogP contribution in [0.3, 0.4) is 0 Å². The number of aromatic hydroxyl groups is 1. The van der Waals surface area contributed by atoms with Gasteiger partial charge in [-0.2, -0.15) is 0 Å². The van der Waals surface area contributed by atoms with Crippen LogP contribution < -0.4 is 10.5 Å². The number of hydrogen-bond donors (Lipinski definition) is 2. The number of imidazole rings is 1. The second kappa shape index (κ2) is 6.63. The van der Waals surface area contributed by atoms with Crippen molar-refractivity contribution in [2.24, 2.45) is 0 Å². The molecule has 1 rings (SSSR count). The van der Waals surface area contributed by atoms with E-state index in [1.807, 2.05) is 11.9 Å². The molecule has 0 spiro atoms. The SMILES string of the molecule is CCCCCC(=O)CC(=O)On1cc(O)[nH]c1=O. The Hall–Kier alpha value is -2.05. The summed E-state index contributed by atoms with van der Waals surface area (Å²) < 4.78 is 0.553. The van der Waals surface area contributed by atoms with E-state index in [0.717, 1.165) is 25.5 Å². The zero-order valence-electron chi connectivity index (χ0n) is 10.1. The second-order valence-electron chi connectivity index (χ2n) is 3.91. The van der Waals surface area contributed by atoms with Crippen LogP contribution >= 0.6 is 0 Å². The summed E-state index contributed by atoms with van der Waals surface area (Å²) in [6.07, 6.45) is 3.55. The number of hydrogen-bond acceptors (Lipinski definition) is 5. The number of carbonyl (C=O) groups is 2. The lowest BCUT2D eigenvalue weighted by molar-refractivity contribution is -0.146. The lowest BCUT2D eigenvalue weighted by atomic mass is 10.1. The molecule has 7 heteroatoms. The number of H-pyrrole nitrogens is 1. The average Bonchev–Trinajstić information content (AvgIpc) is 2.57. The molecule has 2 N–H and O–H groups in total. The van der Waals surface area contributed by atoms with Crippen molar-refractivity contribution < 1.29 is 19.5 Å². The van der Waals surface area contributed by atoms with E-state index in [-0.39, 0.29) is 12.2 Å². The van der Waals surface area contributed by atoms with Gasteiger partial charge in [-0.1, -0.05) is 19.8 Å². The Morgan fingerprint density at radius 1 is 1.44 bits per heavy atom. The molecule has 1 aromatic rings.